The Labute approximate surface area is 66.5 Å². The van der Waals surface area contributed by atoms with E-state index in [0.29, 0.717) is 32.8 Å². The summed E-state index contributed by atoms with van der Waals surface area (Å²) in [7, 11) is 0. The van der Waals surface area contributed by atoms with Crippen LogP contribution in [0.5, 0.6) is 0 Å². The second-order valence-corrected chi connectivity index (χ2v) is 2.33. The third-order valence-electron chi connectivity index (χ3n) is 1.57. The van der Waals surface area contributed by atoms with Crippen molar-refractivity contribution in [1.29, 1.82) is 0 Å². The fourth-order valence-corrected chi connectivity index (χ4v) is 0.985. The maximum Gasteiger partial charge on any atom is 0.317 e. The van der Waals surface area contributed by atoms with Gasteiger partial charge in [0.15, 0.2) is 0 Å². The van der Waals surface area contributed by atoms with Gasteiger partial charge in [-0.1, -0.05) is 0 Å². The van der Waals surface area contributed by atoms with Gasteiger partial charge in [0.25, 0.3) is 0 Å². The lowest BCUT2D eigenvalue weighted by atomic mass is 10.4. The minimum atomic E-state index is -0.0386. The molecule has 63 valence electrons. The average molecular weight is 157 g/mol. The van der Waals surface area contributed by atoms with E-state index in [-0.39, 0.29) is 6.03 Å². The SMILES string of the molecule is [CH2]CNC(=O)N1CCOCC1. The standard InChI is InChI=1S/C7H13N2O2/c1-2-8-7(10)9-3-5-11-6-4-9/h1-6H2,(H,8,10). The smallest absolute Gasteiger partial charge is 0.317 e. The Morgan fingerprint density at radius 3 is 2.73 bits per heavy atom. The quantitative estimate of drug-likeness (QED) is 0.575. The normalized spacial score (nSPS) is 18.1. The first kappa shape index (κ1) is 8.33. The van der Waals surface area contributed by atoms with Gasteiger partial charge >= 0.3 is 6.03 Å². The monoisotopic (exact) mass is 157 g/mol. The van der Waals surface area contributed by atoms with Crippen molar-refractivity contribution in [3.8, 4) is 0 Å². The first-order valence-electron chi connectivity index (χ1n) is 3.74. The molecule has 0 aromatic carbocycles. The molecule has 0 bridgehead atoms. The van der Waals surface area contributed by atoms with Crippen molar-refractivity contribution in [3.63, 3.8) is 0 Å². The summed E-state index contributed by atoms with van der Waals surface area (Å²) in [6.07, 6.45) is 0. The molecule has 0 aliphatic carbocycles. The zero-order chi connectivity index (χ0) is 8.10. The molecule has 0 aromatic rings. The zero-order valence-electron chi connectivity index (χ0n) is 6.51. The number of ether oxygens (including phenoxy) is 1. The van der Waals surface area contributed by atoms with Gasteiger partial charge in [-0.15, -0.1) is 0 Å². The van der Waals surface area contributed by atoms with Crippen molar-refractivity contribution in [1.82, 2.24) is 10.2 Å². The molecule has 1 N–H and O–H groups in total. The fraction of sp³-hybridized carbons (Fsp3) is 0.714. The number of carbonyl (C=O) groups excluding carboxylic acids is 1. The summed E-state index contributed by atoms with van der Waals surface area (Å²) in [5.74, 6) is 0. The van der Waals surface area contributed by atoms with Gasteiger partial charge < -0.3 is 15.0 Å². The van der Waals surface area contributed by atoms with E-state index in [4.69, 9.17) is 4.74 Å². The Kier molecular flexibility index (Phi) is 3.16. The lowest BCUT2D eigenvalue weighted by Gasteiger charge is -2.26. The summed E-state index contributed by atoms with van der Waals surface area (Å²) < 4.78 is 5.09. The van der Waals surface area contributed by atoms with E-state index in [1.165, 1.54) is 0 Å². The maximum atomic E-state index is 11.1. The van der Waals surface area contributed by atoms with Crippen LogP contribution in [-0.2, 0) is 4.74 Å². The van der Waals surface area contributed by atoms with Crippen LogP contribution < -0.4 is 5.32 Å². The number of hydrogen-bond donors (Lipinski definition) is 1. The fourth-order valence-electron chi connectivity index (χ4n) is 0.985. The van der Waals surface area contributed by atoms with Crippen LogP contribution in [0.15, 0.2) is 0 Å². The highest BCUT2D eigenvalue weighted by Gasteiger charge is 2.14. The van der Waals surface area contributed by atoms with Gasteiger partial charge in [0.05, 0.1) is 13.2 Å². The van der Waals surface area contributed by atoms with Crippen LogP contribution in [0, 0.1) is 6.92 Å². The minimum absolute atomic E-state index is 0.0386. The van der Waals surface area contributed by atoms with E-state index in [1.54, 1.807) is 4.90 Å². The van der Waals surface area contributed by atoms with Crippen LogP contribution in [-0.4, -0.2) is 43.8 Å². The van der Waals surface area contributed by atoms with Crippen LogP contribution in [0.3, 0.4) is 0 Å². The lowest BCUT2D eigenvalue weighted by molar-refractivity contribution is 0.0534. The second-order valence-electron chi connectivity index (χ2n) is 2.33. The van der Waals surface area contributed by atoms with Gasteiger partial charge in [0.1, 0.15) is 0 Å². The Balaban J connectivity index is 2.27. The summed E-state index contributed by atoms with van der Waals surface area (Å²) in [5, 5.41) is 2.64. The molecule has 0 atom stereocenters. The van der Waals surface area contributed by atoms with Crippen molar-refractivity contribution >= 4 is 6.03 Å². The lowest BCUT2D eigenvalue weighted by Crippen LogP contribution is -2.46. The maximum absolute atomic E-state index is 11.1. The molecule has 1 aliphatic heterocycles. The molecule has 4 nitrogen and oxygen atoms in total. The molecule has 4 heteroatoms. The van der Waals surface area contributed by atoms with E-state index >= 15 is 0 Å². The van der Waals surface area contributed by atoms with E-state index in [9.17, 15) is 4.79 Å². The summed E-state index contributed by atoms with van der Waals surface area (Å²) in [6, 6.07) is -0.0386. The predicted molar refractivity (Wildman–Crippen MR) is 41.1 cm³/mol. The number of nitrogens with zero attached hydrogens (tertiary/aromatic N) is 1. The summed E-state index contributed by atoms with van der Waals surface area (Å²) >= 11 is 0. The largest absolute Gasteiger partial charge is 0.378 e. The molecular weight excluding hydrogens is 144 g/mol. The van der Waals surface area contributed by atoms with E-state index in [0.717, 1.165) is 0 Å². The molecule has 1 aliphatic rings. The predicted octanol–water partition coefficient (Wildman–Crippen LogP) is -0.138. The molecule has 0 spiro atoms. The van der Waals surface area contributed by atoms with Gasteiger partial charge in [-0.3, -0.25) is 0 Å². The summed E-state index contributed by atoms with van der Waals surface area (Å²) in [5.41, 5.74) is 0. The van der Waals surface area contributed by atoms with E-state index < -0.39 is 0 Å². The Bertz CT molecular complexity index is 132. The van der Waals surface area contributed by atoms with Crippen molar-refractivity contribution < 1.29 is 9.53 Å². The zero-order valence-corrected chi connectivity index (χ0v) is 6.51. The third kappa shape index (κ3) is 2.38. The van der Waals surface area contributed by atoms with Crippen molar-refractivity contribution in [2.75, 3.05) is 32.8 Å². The number of rotatable bonds is 1. The highest BCUT2D eigenvalue weighted by Crippen LogP contribution is 1.95. The highest BCUT2D eigenvalue weighted by atomic mass is 16.5. The van der Waals surface area contributed by atoms with Crippen LogP contribution in [0.4, 0.5) is 4.79 Å². The number of nitrogens with one attached hydrogen (secondary N) is 1. The van der Waals surface area contributed by atoms with Crippen LogP contribution in [0.1, 0.15) is 0 Å². The topological polar surface area (TPSA) is 41.6 Å². The first-order chi connectivity index (χ1) is 5.34. The molecule has 1 radical (unpaired) electrons. The molecule has 1 fully saturated rings. The van der Waals surface area contributed by atoms with Crippen molar-refractivity contribution in [2.45, 2.75) is 0 Å². The molecule has 1 heterocycles. The van der Waals surface area contributed by atoms with Gasteiger partial charge in [-0.25, -0.2) is 4.79 Å². The molecule has 11 heavy (non-hydrogen) atoms. The van der Waals surface area contributed by atoms with Crippen LogP contribution >= 0.6 is 0 Å². The molecule has 1 rings (SSSR count). The molecule has 2 amide bonds. The Hall–Kier alpha value is -0.770. The van der Waals surface area contributed by atoms with Gasteiger partial charge in [-0.2, -0.15) is 0 Å². The van der Waals surface area contributed by atoms with E-state index in [1.807, 2.05) is 0 Å². The number of hydrogen-bond acceptors (Lipinski definition) is 2. The number of urea groups is 1. The third-order valence-corrected chi connectivity index (χ3v) is 1.57. The first-order valence-corrected chi connectivity index (χ1v) is 3.74. The van der Waals surface area contributed by atoms with Gasteiger partial charge in [0, 0.05) is 19.6 Å². The van der Waals surface area contributed by atoms with E-state index in [2.05, 4.69) is 12.2 Å². The van der Waals surface area contributed by atoms with Crippen molar-refractivity contribution in [3.05, 3.63) is 6.92 Å². The number of amides is 2. The highest BCUT2D eigenvalue weighted by molar-refractivity contribution is 5.74. The van der Waals surface area contributed by atoms with Gasteiger partial charge in [0.2, 0.25) is 0 Å². The van der Waals surface area contributed by atoms with Crippen LogP contribution in [0.2, 0.25) is 0 Å². The number of carbonyl (C=O) groups is 1. The molecular formula is C7H13N2O2. The molecule has 0 aromatic heterocycles. The van der Waals surface area contributed by atoms with Gasteiger partial charge in [-0.05, 0) is 6.92 Å². The minimum Gasteiger partial charge on any atom is -0.378 e. The molecule has 0 saturated carbocycles. The summed E-state index contributed by atoms with van der Waals surface area (Å²) in [4.78, 5) is 12.8. The average Bonchev–Trinajstić information content (AvgIpc) is 2.07. The second kappa shape index (κ2) is 4.18. The summed E-state index contributed by atoms with van der Waals surface area (Å²) in [6.45, 7) is 6.63. The van der Waals surface area contributed by atoms with Crippen LogP contribution in [0.25, 0.3) is 0 Å². The Morgan fingerprint density at radius 1 is 1.55 bits per heavy atom. The molecule has 1 saturated heterocycles. The number of morpholine rings is 1. The van der Waals surface area contributed by atoms with Crippen molar-refractivity contribution in [2.24, 2.45) is 0 Å². The molecule has 0 unspecified atom stereocenters. The Morgan fingerprint density at radius 2 is 2.18 bits per heavy atom.